The Kier molecular flexibility index (Phi) is 3.78. The molecule has 1 saturated heterocycles. The molecule has 4 nitrogen and oxygen atoms in total. The first kappa shape index (κ1) is 13.6. The molecule has 1 unspecified atom stereocenters. The fourth-order valence-corrected chi connectivity index (χ4v) is 2.81. The third kappa shape index (κ3) is 3.12. The topological polar surface area (TPSA) is 33.1 Å². The zero-order valence-corrected chi connectivity index (χ0v) is 12.3. The normalized spacial score (nSPS) is 24.7. The molecule has 0 aromatic carbocycles. The van der Waals surface area contributed by atoms with Crippen molar-refractivity contribution in [3.05, 3.63) is 18.0 Å². The van der Waals surface area contributed by atoms with Crippen molar-refractivity contribution in [1.29, 1.82) is 0 Å². The second kappa shape index (κ2) is 5.02. The number of hydrogen-bond donors (Lipinski definition) is 1. The molecule has 0 bridgehead atoms. The van der Waals surface area contributed by atoms with Crippen LogP contribution in [0.15, 0.2) is 12.4 Å². The molecular weight excluding hydrogens is 224 g/mol. The lowest BCUT2D eigenvalue weighted by atomic mass is 9.93. The van der Waals surface area contributed by atoms with Crippen molar-refractivity contribution in [2.24, 2.45) is 13.0 Å². The lowest BCUT2D eigenvalue weighted by Crippen LogP contribution is -2.62. The Morgan fingerprint density at radius 2 is 2.22 bits per heavy atom. The highest BCUT2D eigenvalue weighted by Gasteiger charge is 2.33. The summed E-state index contributed by atoms with van der Waals surface area (Å²) < 4.78 is 1.88. The second-order valence-electron chi connectivity index (χ2n) is 6.50. The third-order valence-corrected chi connectivity index (χ3v) is 3.77. The van der Waals surface area contributed by atoms with Gasteiger partial charge in [-0.1, -0.05) is 13.8 Å². The van der Waals surface area contributed by atoms with E-state index in [9.17, 15) is 0 Å². The average Bonchev–Trinajstić information content (AvgIpc) is 2.62. The molecule has 2 rings (SSSR count). The second-order valence-corrected chi connectivity index (χ2v) is 6.50. The van der Waals surface area contributed by atoms with Gasteiger partial charge in [0, 0.05) is 50.0 Å². The van der Waals surface area contributed by atoms with E-state index in [1.54, 1.807) is 0 Å². The molecular formula is C14H26N4. The van der Waals surface area contributed by atoms with Crippen molar-refractivity contribution in [2.45, 2.75) is 45.8 Å². The SMILES string of the molecule is CC(C)C1CNC(C)(C)CN1Cc1cnn(C)c1. The molecule has 1 atom stereocenters. The summed E-state index contributed by atoms with van der Waals surface area (Å²) in [5.74, 6) is 0.672. The minimum atomic E-state index is 0.202. The largest absolute Gasteiger partial charge is 0.309 e. The molecule has 0 saturated carbocycles. The zero-order valence-electron chi connectivity index (χ0n) is 12.3. The summed E-state index contributed by atoms with van der Waals surface area (Å²) in [4.78, 5) is 2.60. The molecule has 1 aliphatic heterocycles. The fourth-order valence-electron chi connectivity index (χ4n) is 2.81. The minimum Gasteiger partial charge on any atom is -0.309 e. The predicted molar refractivity (Wildman–Crippen MR) is 74.3 cm³/mol. The van der Waals surface area contributed by atoms with Crippen LogP contribution in [0.5, 0.6) is 0 Å². The Balaban J connectivity index is 2.10. The number of piperazine rings is 1. The number of aryl methyl sites for hydroxylation is 1. The fraction of sp³-hybridized carbons (Fsp3) is 0.786. The lowest BCUT2D eigenvalue weighted by Gasteiger charge is -2.46. The van der Waals surface area contributed by atoms with Gasteiger partial charge >= 0.3 is 0 Å². The molecule has 0 spiro atoms. The maximum absolute atomic E-state index is 4.26. The van der Waals surface area contributed by atoms with Gasteiger partial charge in [0.15, 0.2) is 0 Å². The van der Waals surface area contributed by atoms with Crippen LogP contribution in [-0.4, -0.2) is 39.4 Å². The van der Waals surface area contributed by atoms with Gasteiger partial charge in [-0.3, -0.25) is 9.58 Å². The summed E-state index contributed by atoms with van der Waals surface area (Å²) in [5.41, 5.74) is 1.51. The zero-order chi connectivity index (χ0) is 13.3. The number of aromatic nitrogens is 2. The first-order valence-corrected chi connectivity index (χ1v) is 6.84. The monoisotopic (exact) mass is 250 g/mol. The quantitative estimate of drug-likeness (QED) is 0.885. The third-order valence-electron chi connectivity index (χ3n) is 3.77. The molecule has 0 aliphatic carbocycles. The molecule has 1 fully saturated rings. The number of hydrogen-bond acceptors (Lipinski definition) is 3. The molecule has 1 aliphatic rings. The van der Waals surface area contributed by atoms with Crippen molar-refractivity contribution >= 4 is 0 Å². The maximum atomic E-state index is 4.26. The summed E-state index contributed by atoms with van der Waals surface area (Å²) in [6, 6.07) is 0.609. The standard InChI is InChI=1S/C14H26N4/c1-11(2)13-7-15-14(3,4)10-18(13)9-12-6-16-17(5)8-12/h6,8,11,13,15H,7,9-10H2,1-5H3. The first-order chi connectivity index (χ1) is 8.37. The van der Waals surface area contributed by atoms with Crippen LogP contribution in [-0.2, 0) is 13.6 Å². The van der Waals surface area contributed by atoms with Gasteiger partial charge in [0.1, 0.15) is 0 Å². The predicted octanol–water partition coefficient (Wildman–Crippen LogP) is 1.63. The van der Waals surface area contributed by atoms with Crippen molar-refractivity contribution in [1.82, 2.24) is 20.0 Å². The van der Waals surface area contributed by atoms with Crippen molar-refractivity contribution in [2.75, 3.05) is 13.1 Å². The summed E-state index contributed by atoms with van der Waals surface area (Å²) in [6.07, 6.45) is 4.10. The summed E-state index contributed by atoms with van der Waals surface area (Å²) in [5, 5.41) is 7.91. The van der Waals surface area contributed by atoms with Gasteiger partial charge in [-0.05, 0) is 19.8 Å². The summed E-state index contributed by atoms with van der Waals surface area (Å²) in [7, 11) is 1.98. The van der Waals surface area contributed by atoms with Crippen molar-refractivity contribution in [3.63, 3.8) is 0 Å². The van der Waals surface area contributed by atoms with Crippen LogP contribution in [0, 0.1) is 5.92 Å². The van der Waals surface area contributed by atoms with Crippen LogP contribution in [0.25, 0.3) is 0 Å². The van der Waals surface area contributed by atoms with E-state index >= 15 is 0 Å². The Hall–Kier alpha value is -0.870. The van der Waals surface area contributed by atoms with Gasteiger partial charge in [0.05, 0.1) is 6.20 Å². The van der Waals surface area contributed by atoms with Gasteiger partial charge in [-0.15, -0.1) is 0 Å². The van der Waals surface area contributed by atoms with E-state index in [1.807, 2.05) is 17.9 Å². The van der Waals surface area contributed by atoms with Gasteiger partial charge < -0.3 is 5.32 Å². The van der Waals surface area contributed by atoms with Crippen LogP contribution in [0.4, 0.5) is 0 Å². The van der Waals surface area contributed by atoms with Gasteiger partial charge in [0.2, 0.25) is 0 Å². The van der Waals surface area contributed by atoms with E-state index in [1.165, 1.54) is 5.56 Å². The number of nitrogens with one attached hydrogen (secondary N) is 1. The van der Waals surface area contributed by atoms with Crippen LogP contribution >= 0.6 is 0 Å². The number of nitrogens with zero attached hydrogens (tertiary/aromatic N) is 3. The van der Waals surface area contributed by atoms with Gasteiger partial charge in [0.25, 0.3) is 0 Å². The van der Waals surface area contributed by atoms with Gasteiger partial charge in [-0.2, -0.15) is 5.10 Å². The molecule has 18 heavy (non-hydrogen) atoms. The maximum Gasteiger partial charge on any atom is 0.0534 e. The van der Waals surface area contributed by atoms with Crippen molar-refractivity contribution in [3.8, 4) is 0 Å². The highest BCUT2D eigenvalue weighted by atomic mass is 15.3. The highest BCUT2D eigenvalue weighted by Crippen LogP contribution is 2.22. The summed E-state index contributed by atoms with van der Waals surface area (Å²) >= 11 is 0. The Bertz CT molecular complexity index is 394. The van der Waals surface area contributed by atoms with E-state index in [0.29, 0.717) is 12.0 Å². The average molecular weight is 250 g/mol. The van der Waals surface area contributed by atoms with E-state index < -0.39 is 0 Å². The Labute approximate surface area is 110 Å². The van der Waals surface area contributed by atoms with E-state index in [2.05, 4.69) is 49.2 Å². The molecule has 0 radical (unpaired) electrons. The molecule has 2 heterocycles. The Morgan fingerprint density at radius 1 is 1.50 bits per heavy atom. The summed E-state index contributed by atoms with van der Waals surface area (Å²) in [6.45, 7) is 12.3. The van der Waals surface area contributed by atoms with E-state index in [-0.39, 0.29) is 5.54 Å². The van der Waals surface area contributed by atoms with Gasteiger partial charge in [-0.25, -0.2) is 0 Å². The smallest absolute Gasteiger partial charge is 0.0534 e. The molecule has 1 N–H and O–H groups in total. The minimum absolute atomic E-state index is 0.202. The lowest BCUT2D eigenvalue weighted by molar-refractivity contribution is 0.0627. The number of rotatable bonds is 3. The molecule has 1 aromatic rings. The van der Waals surface area contributed by atoms with Crippen LogP contribution in [0.3, 0.4) is 0 Å². The van der Waals surface area contributed by atoms with Crippen LogP contribution < -0.4 is 5.32 Å². The van der Waals surface area contributed by atoms with E-state index in [4.69, 9.17) is 0 Å². The van der Waals surface area contributed by atoms with Crippen LogP contribution in [0.2, 0.25) is 0 Å². The Morgan fingerprint density at radius 3 is 2.78 bits per heavy atom. The van der Waals surface area contributed by atoms with Crippen LogP contribution in [0.1, 0.15) is 33.3 Å². The van der Waals surface area contributed by atoms with Crippen molar-refractivity contribution < 1.29 is 0 Å². The molecule has 0 amide bonds. The first-order valence-electron chi connectivity index (χ1n) is 6.84. The molecule has 4 heteroatoms. The molecule has 1 aromatic heterocycles. The molecule has 102 valence electrons. The van der Waals surface area contributed by atoms with E-state index in [0.717, 1.165) is 19.6 Å². The highest BCUT2D eigenvalue weighted by molar-refractivity contribution is 5.05.